The molecule has 1 aliphatic carbocycles. The molecular formula is C11H18F3N3O2. The molecule has 0 aromatic carbocycles. The summed E-state index contributed by atoms with van der Waals surface area (Å²) in [6.45, 7) is 2.53. The standard InChI is InChI=1S/C11H18F3N3O2/c12-11(13,14)9-7-8(17(18)19)1-2-10(9)16-5-3-15-4-6-16/h8-10,15H,1-7H2. The van der Waals surface area contributed by atoms with Crippen molar-refractivity contribution in [1.82, 2.24) is 10.2 Å². The molecule has 3 atom stereocenters. The molecule has 3 unspecified atom stereocenters. The minimum atomic E-state index is -4.36. The normalized spacial score (nSPS) is 34.2. The van der Waals surface area contributed by atoms with Crippen molar-refractivity contribution >= 4 is 0 Å². The number of rotatable bonds is 2. The van der Waals surface area contributed by atoms with Crippen molar-refractivity contribution < 1.29 is 18.1 Å². The van der Waals surface area contributed by atoms with E-state index in [1.807, 2.05) is 4.90 Å². The SMILES string of the molecule is O=[N+]([O-])C1CCC(N2CCNCC2)C(C(F)(F)F)C1. The van der Waals surface area contributed by atoms with Crippen LogP contribution in [0.1, 0.15) is 19.3 Å². The van der Waals surface area contributed by atoms with Crippen LogP contribution in [0, 0.1) is 16.0 Å². The van der Waals surface area contributed by atoms with E-state index in [-0.39, 0.29) is 19.3 Å². The van der Waals surface area contributed by atoms with Crippen LogP contribution in [0.3, 0.4) is 0 Å². The van der Waals surface area contributed by atoms with E-state index < -0.39 is 29.1 Å². The van der Waals surface area contributed by atoms with Crippen molar-refractivity contribution in [1.29, 1.82) is 0 Å². The molecule has 1 aliphatic heterocycles. The van der Waals surface area contributed by atoms with Gasteiger partial charge >= 0.3 is 6.18 Å². The van der Waals surface area contributed by atoms with Crippen LogP contribution in [0.4, 0.5) is 13.2 Å². The van der Waals surface area contributed by atoms with Gasteiger partial charge in [-0.2, -0.15) is 13.2 Å². The van der Waals surface area contributed by atoms with Crippen molar-refractivity contribution in [3.05, 3.63) is 10.1 Å². The summed E-state index contributed by atoms with van der Waals surface area (Å²) in [6.07, 6.45) is -4.24. The van der Waals surface area contributed by atoms with Crippen LogP contribution in [0.2, 0.25) is 0 Å². The van der Waals surface area contributed by atoms with E-state index in [0.717, 1.165) is 0 Å². The van der Waals surface area contributed by atoms with Crippen LogP contribution in [-0.2, 0) is 0 Å². The van der Waals surface area contributed by atoms with Crippen LogP contribution in [0.25, 0.3) is 0 Å². The number of halogens is 3. The van der Waals surface area contributed by atoms with Crippen LogP contribution in [-0.4, -0.2) is 54.3 Å². The molecule has 0 radical (unpaired) electrons. The highest BCUT2D eigenvalue weighted by atomic mass is 19.4. The van der Waals surface area contributed by atoms with E-state index in [2.05, 4.69) is 5.32 Å². The Morgan fingerprint density at radius 3 is 2.37 bits per heavy atom. The van der Waals surface area contributed by atoms with Gasteiger partial charge in [0.2, 0.25) is 6.04 Å². The highest BCUT2D eigenvalue weighted by molar-refractivity contribution is 4.91. The third-order valence-electron chi connectivity index (χ3n) is 4.13. The van der Waals surface area contributed by atoms with Crippen molar-refractivity contribution in [3.8, 4) is 0 Å². The second kappa shape index (κ2) is 5.62. The molecule has 110 valence electrons. The molecule has 1 saturated heterocycles. The molecule has 1 N–H and O–H groups in total. The highest BCUT2D eigenvalue weighted by Crippen LogP contribution is 2.40. The lowest BCUT2D eigenvalue weighted by atomic mass is 9.80. The largest absolute Gasteiger partial charge is 0.393 e. The quantitative estimate of drug-likeness (QED) is 0.611. The lowest BCUT2D eigenvalue weighted by molar-refractivity contribution is -0.531. The predicted octanol–water partition coefficient (Wildman–Crippen LogP) is 1.27. The minimum absolute atomic E-state index is 0.244. The number of nitrogens with zero attached hydrogens (tertiary/aromatic N) is 2. The molecule has 19 heavy (non-hydrogen) atoms. The van der Waals surface area contributed by atoms with E-state index >= 15 is 0 Å². The first-order chi connectivity index (χ1) is 8.89. The van der Waals surface area contributed by atoms with Gasteiger partial charge in [-0.15, -0.1) is 0 Å². The molecule has 0 spiro atoms. The van der Waals surface area contributed by atoms with Gasteiger partial charge in [0.25, 0.3) is 0 Å². The Labute approximate surface area is 109 Å². The van der Waals surface area contributed by atoms with Crippen molar-refractivity contribution in [3.63, 3.8) is 0 Å². The fourth-order valence-electron chi connectivity index (χ4n) is 3.13. The van der Waals surface area contributed by atoms with E-state index in [1.165, 1.54) is 0 Å². The van der Waals surface area contributed by atoms with Gasteiger partial charge in [-0.05, 0) is 6.42 Å². The molecule has 0 amide bonds. The predicted molar refractivity (Wildman–Crippen MR) is 62.4 cm³/mol. The van der Waals surface area contributed by atoms with Gasteiger partial charge in [-0.3, -0.25) is 15.0 Å². The molecule has 0 bridgehead atoms. The number of piperazine rings is 1. The molecule has 8 heteroatoms. The summed E-state index contributed by atoms with van der Waals surface area (Å²) < 4.78 is 39.4. The van der Waals surface area contributed by atoms with Gasteiger partial charge in [-0.25, -0.2) is 0 Å². The summed E-state index contributed by atoms with van der Waals surface area (Å²) in [7, 11) is 0. The maximum absolute atomic E-state index is 13.1. The zero-order valence-electron chi connectivity index (χ0n) is 10.5. The average Bonchev–Trinajstić information content (AvgIpc) is 2.38. The smallest absolute Gasteiger partial charge is 0.314 e. The molecule has 1 saturated carbocycles. The molecular weight excluding hydrogens is 263 g/mol. The Hall–Kier alpha value is -0.890. The Morgan fingerprint density at radius 2 is 1.84 bits per heavy atom. The third-order valence-corrected chi connectivity index (χ3v) is 4.13. The fraction of sp³-hybridized carbons (Fsp3) is 1.00. The molecule has 5 nitrogen and oxygen atoms in total. The van der Waals surface area contributed by atoms with Gasteiger partial charge in [0.15, 0.2) is 0 Å². The first-order valence-electron chi connectivity index (χ1n) is 6.54. The van der Waals surface area contributed by atoms with E-state index in [9.17, 15) is 23.3 Å². The van der Waals surface area contributed by atoms with Crippen LogP contribution in [0.15, 0.2) is 0 Å². The summed E-state index contributed by atoms with van der Waals surface area (Å²) in [4.78, 5) is 12.0. The third kappa shape index (κ3) is 3.36. The van der Waals surface area contributed by atoms with Crippen molar-refractivity contribution in [2.24, 2.45) is 5.92 Å². The topological polar surface area (TPSA) is 58.4 Å². The number of alkyl halides is 3. The Balaban J connectivity index is 2.10. The van der Waals surface area contributed by atoms with Gasteiger partial charge in [-0.1, -0.05) is 0 Å². The monoisotopic (exact) mass is 281 g/mol. The summed E-state index contributed by atoms with van der Waals surface area (Å²) >= 11 is 0. The molecule has 2 rings (SSSR count). The molecule has 0 aromatic rings. The van der Waals surface area contributed by atoms with Gasteiger partial charge in [0.1, 0.15) is 0 Å². The minimum Gasteiger partial charge on any atom is -0.314 e. The molecule has 2 aliphatic rings. The summed E-state index contributed by atoms with van der Waals surface area (Å²) in [6, 6.07) is -1.65. The Morgan fingerprint density at radius 1 is 1.21 bits per heavy atom. The highest BCUT2D eigenvalue weighted by Gasteiger charge is 2.52. The fourth-order valence-corrected chi connectivity index (χ4v) is 3.13. The zero-order valence-corrected chi connectivity index (χ0v) is 10.5. The number of nitro groups is 1. The summed E-state index contributed by atoms with van der Waals surface area (Å²) in [5, 5.41) is 13.8. The first kappa shape index (κ1) is 14.5. The Bertz CT molecular complexity index is 332. The summed E-state index contributed by atoms with van der Waals surface area (Å²) in [5.41, 5.74) is 0. The summed E-state index contributed by atoms with van der Waals surface area (Å²) in [5.74, 6) is -1.57. The van der Waals surface area contributed by atoms with Crippen LogP contribution >= 0.6 is 0 Å². The molecule has 2 fully saturated rings. The van der Waals surface area contributed by atoms with Crippen LogP contribution < -0.4 is 5.32 Å². The first-order valence-corrected chi connectivity index (χ1v) is 6.54. The molecule has 1 heterocycles. The maximum atomic E-state index is 13.1. The number of hydrogen-bond acceptors (Lipinski definition) is 4. The van der Waals surface area contributed by atoms with Gasteiger partial charge < -0.3 is 5.32 Å². The number of nitrogens with one attached hydrogen (secondary N) is 1. The van der Waals surface area contributed by atoms with E-state index in [4.69, 9.17) is 0 Å². The second-order valence-corrected chi connectivity index (χ2v) is 5.25. The molecule has 0 aromatic heterocycles. The lowest BCUT2D eigenvalue weighted by Crippen LogP contribution is -2.56. The average molecular weight is 281 g/mol. The zero-order chi connectivity index (χ0) is 14.0. The van der Waals surface area contributed by atoms with Gasteiger partial charge in [0.05, 0.1) is 5.92 Å². The lowest BCUT2D eigenvalue weighted by Gasteiger charge is -2.42. The Kier molecular flexibility index (Phi) is 4.29. The van der Waals surface area contributed by atoms with Gasteiger partial charge in [0, 0.05) is 50.0 Å². The van der Waals surface area contributed by atoms with E-state index in [1.54, 1.807) is 0 Å². The van der Waals surface area contributed by atoms with Crippen LogP contribution in [0.5, 0.6) is 0 Å². The van der Waals surface area contributed by atoms with Crippen molar-refractivity contribution in [2.75, 3.05) is 26.2 Å². The van der Waals surface area contributed by atoms with E-state index in [0.29, 0.717) is 26.2 Å². The van der Waals surface area contributed by atoms with Crippen molar-refractivity contribution in [2.45, 2.75) is 37.5 Å². The number of hydrogen-bond donors (Lipinski definition) is 1. The maximum Gasteiger partial charge on any atom is 0.393 e. The second-order valence-electron chi connectivity index (χ2n) is 5.25.